The Morgan fingerprint density at radius 1 is 1.27 bits per heavy atom. The van der Waals surface area contributed by atoms with E-state index in [0.29, 0.717) is 6.07 Å². The maximum Gasteiger partial charge on any atom is 0.416 e. The molecule has 0 radical (unpaired) electrons. The first-order chi connectivity index (χ1) is 10.2. The average Bonchev–Trinajstić information content (AvgIpc) is 2.46. The Morgan fingerprint density at radius 2 is 1.91 bits per heavy atom. The van der Waals surface area contributed by atoms with E-state index in [1.165, 1.54) is 6.20 Å². The molecule has 1 aliphatic rings. The lowest BCUT2D eigenvalue weighted by Gasteiger charge is -2.37. The highest BCUT2D eigenvalue weighted by Gasteiger charge is 2.42. The van der Waals surface area contributed by atoms with Crippen molar-refractivity contribution in [2.45, 2.75) is 26.4 Å². The predicted molar refractivity (Wildman–Crippen MR) is 71.9 cm³/mol. The van der Waals surface area contributed by atoms with Crippen molar-refractivity contribution < 1.29 is 27.9 Å². The molecule has 1 aromatic carbocycles. The monoisotopic (exact) mass is 313 g/mol. The first kappa shape index (κ1) is 16.2. The summed E-state index contributed by atoms with van der Waals surface area (Å²) in [5.74, 6) is -0.577. The van der Waals surface area contributed by atoms with Gasteiger partial charge in [0.15, 0.2) is 11.5 Å². The second kappa shape index (κ2) is 5.24. The standard InChI is InChI=1S/C15H14F3NO3/c1-3-9-8-19(4-2,14(21)22)12-6-5-10(15(16,17)18)7-11(12)13(9)20/h5-8H,3-4H2,1-2H3. The smallest absolute Gasteiger partial charge is 0.416 e. The number of benzene rings is 1. The largest absolute Gasteiger partial charge is 0.498 e. The summed E-state index contributed by atoms with van der Waals surface area (Å²) in [4.78, 5) is 23.9. The number of carbonyl (C=O) groups excluding carboxylic acids is 2. The Kier molecular flexibility index (Phi) is 3.87. The van der Waals surface area contributed by atoms with Gasteiger partial charge in [-0.05, 0) is 25.5 Å². The molecule has 118 valence electrons. The zero-order valence-corrected chi connectivity index (χ0v) is 12.0. The number of Topliss-reactive ketones (excluding diaryl/α,β-unsaturated/α-hetero) is 1. The van der Waals surface area contributed by atoms with E-state index in [1.807, 2.05) is 0 Å². The van der Waals surface area contributed by atoms with Gasteiger partial charge in [0.2, 0.25) is 0 Å². The number of hydrogen-bond acceptors (Lipinski definition) is 3. The number of quaternary nitrogens is 1. The van der Waals surface area contributed by atoms with Gasteiger partial charge in [-0.15, -0.1) is 0 Å². The minimum absolute atomic E-state index is 0.00213. The summed E-state index contributed by atoms with van der Waals surface area (Å²) in [6.45, 7) is 3.23. The maximum absolute atomic E-state index is 12.8. The molecule has 1 atom stereocenters. The highest BCUT2D eigenvalue weighted by Crippen LogP contribution is 2.39. The van der Waals surface area contributed by atoms with Gasteiger partial charge in [-0.2, -0.15) is 13.2 Å². The van der Waals surface area contributed by atoms with Crippen LogP contribution in [0.1, 0.15) is 36.2 Å². The molecule has 0 fully saturated rings. The third kappa shape index (κ3) is 2.31. The Labute approximate surface area is 125 Å². The summed E-state index contributed by atoms with van der Waals surface area (Å²) in [5.41, 5.74) is -1.06. The highest BCUT2D eigenvalue weighted by molar-refractivity contribution is 6.15. The molecule has 0 N–H and O–H groups in total. The number of carbonyl (C=O) groups is 2. The summed E-state index contributed by atoms with van der Waals surface area (Å²) in [7, 11) is 0. The van der Waals surface area contributed by atoms with E-state index in [-0.39, 0.29) is 29.8 Å². The molecule has 2 rings (SSSR count). The number of allylic oxidation sites excluding steroid dienone is 1. The Balaban J connectivity index is 2.77. The van der Waals surface area contributed by atoms with Crippen molar-refractivity contribution in [1.82, 2.24) is 4.48 Å². The lowest BCUT2D eigenvalue weighted by molar-refractivity contribution is -0.261. The van der Waals surface area contributed by atoms with Crippen LogP contribution in [0.4, 0.5) is 23.7 Å². The molecule has 22 heavy (non-hydrogen) atoms. The van der Waals surface area contributed by atoms with Crippen molar-refractivity contribution in [1.29, 1.82) is 0 Å². The fourth-order valence-corrected chi connectivity index (χ4v) is 2.60. The molecule has 0 aliphatic carbocycles. The number of fused-ring (bicyclic) bond motifs is 1. The third-order valence-electron chi connectivity index (χ3n) is 3.87. The highest BCUT2D eigenvalue weighted by atomic mass is 19.4. The first-order valence-electron chi connectivity index (χ1n) is 6.75. The van der Waals surface area contributed by atoms with E-state index >= 15 is 0 Å². The fraction of sp³-hybridized carbons (Fsp3) is 0.333. The molecular formula is C15H14F3NO3. The van der Waals surface area contributed by atoms with Gasteiger partial charge in [-0.1, -0.05) is 6.92 Å². The fourth-order valence-electron chi connectivity index (χ4n) is 2.60. The molecular weight excluding hydrogens is 299 g/mol. The van der Waals surface area contributed by atoms with Gasteiger partial charge in [0.05, 0.1) is 23.2 Å². The topological polar surface area (TPSA) is 57.2 Å². The first-order valence-corrected chi connectivity index (χ1v) is 6.75. The molecule has 0 saturated carbocycles. The van der Waals surface area contributed by atoms with Crippen LogP contribution >= 0.6 is 0 Å². The zero-order valence-electron chi connectivity index (χ0n) is 12.0. The average molecular weight is 313 g/mol. The number of ketones is 1. The molecule has 1 amide bonds. The Hall–Kier alpha value is -2.15. The summed E-state index contributed by atoms with van der Waals surface area (Å²) in [5, 5.41) is 11.6. The predicted octanol–water partition coefficient (Wildman–Crippen LogP) is 2.87. The van der Waals surface area contributed by atoms with Gasteiger partial charge >= 0.3 is 6.18 Å². The number of rotatable bonds is 2. The molecule has 1 heterocycles. The SMILES string of the molecule is CCC1=C[N+](CC)(C(=O)[O-])c2ccc(C(F)(F)F)cc2C1=O. The van der Waals surface area contributed by atoms with Crippen LogP contribution in [0.5, 0.6) is 0 Å². The van der Waals surface area contributed by atoms with Crippen LogP contribution < -0.4 is 9.59 Å². The van der Waals surface area contributed by atoms with Crippen LogP contribution in [0.3, 0.4) is 0 Å². The number of halogens is 3. The zero-order chi connectivity index (χ0) is 16.7. The van der Waals surface area contributed by atoms with Crippen molar-refractivity contribution in [2.75, 3.05) is 6.54 Å². The summed E-state index contributed by atoms with van der Waals surface area (Å²) in [6.07, 6.45) is -4.61. The molecule has 1 aliphatic heterocycles. The van der Waals surface area contributed by atoms with E-state index in [4.69, 9.17) is 0 Å². The van der Waals surface area contributed by atoms with Gasteiger partial charge in [-0.25, -0.2) is 4.48 Å². The van der Waals surface area contributed by atoms with E-state index < -0.39 is 28.1 Å². The second-order valence-electron chi connectivity index (χ2n) is 5.02. The molecule has 0 saturated heterocycles. The summed E-state index contributed by atoms with van der Waals surface area (Å²) in [6, 6.07) is 2.53. The maximum atomic E-state index is 12.8. The molecule has 0 bridgehead atoms. The van der Waals surface area contributed by atoms with E-state index in [1.54, 1.807) is 13.8 Å². The number of nitrogens with zero attached hydrogens (tertiary/aromatic N) is 1. The van der Waals surface area contributed by atoms with Crippen molar-refractivity contribution in [2.24, 2.45) is 0 Å². The van der Waals surface area contributed by atoms with Crippen molar-refractivity contribution in [3.63, 3.8) is 0 Å². The number of amides is 1. The molecule has 0 aromatic heterocycles. The number of hydrogen-bond donors (Lipinski definition) is 0. The summed E-state index contributed by atoms with van der Waals surface area (Å²) < 4.78 is 37.7. The van der Waals surface area contributed by atoms with Crippen LogP contribution in [-0.4, -0.2) is 18.4 Å². The van der Waals surface area contributed by atoms with Gasteiger partial charge in [0, 0.05) is 6.07 Å². The van der Waals surface area contributed by atoms with E-state index in [2.05, 4.69) is 0 Å². The molecule has 0 spiro atoms. The van der Waals surface area contributed by atoms with Crippen molar-refractivity contribution >= 4 is 17.6 Å². The normalized spacial score (nSPS) is 21.3. The quantitative estimate of drug-likeness (QED) is 0.789. The van der Waals surface area contributed by atoms with Crippen LogP contribution in [0, 0.1) is 0 Å². The lowest BCUT2D eigenvalue weighted by atomic mass is 9.93. The number of alkyl halides is 3. The minimum atomic E-state index is -4.60. The number of carboxylic acid groups (broad SMARTS) is 1. The van der Waals surface area contributed by atoms with Crippen LogP contribution in [0.2, 0.25) is 0 Å². The third-order valence-corrected chi connectivity index (χ3v) is 3.87. The molecule has 1 aromatic rings. The Bertz CT molecular complexity index is 679. The van der Waals surface area contributed by atoms with E-state index in [9.17, 15) is 27.9 Å². The van der Waals surface area contributed by atoms with E-state index in [0.717, 1.165) is 12.1 Å². The minimum Gasteiger partial charge on any atom is -0.498 e. The lowest BCUT2D eigenvalue weighted by Crippen LogP contribution is -2.58. The molecule has 7 heteroatoms. The van der Waals surface area contributed by atoms with Gasteiger partial charge in [0.1, 0.15) is 6.20 Å². The van der Waals surface area contributed by atoms with Gasteiger partial charge < -0.3 is 9.90 Å². The second-order valence-corrected chi connectivity index (χ2v) is 5.02. The van der Waals surface area contributed by atoms with Gasteiger partial charge in [-0.3, -0.25) is 4.79 Å². The van der Waals surface area contributed by atoms with Gasteiger partial charge in [0.25, 0.3) is 6.09 Å². The van der Waals surface area contributed by atoms with Crippen molar-refractivity contribution in [3.05, 3.63) is 41.1 Å². The summed E-state index contributed by atoms with van der Waals surface area (Å²) >= 11 is 0. The van der Waals surface area contributed by atoms with Crippen LogP contribution in [0.15, 0.2) is 30.0 Å². The molecule has 4 nitrogen and oxygen atoms in total. The van der Waals surface area contributed by atoms with Crippen LogP contribution in [-0.2, 0) is 6.18 Å². The molecule has 1 unspecified atom stereocenters. The Morgan fingerprint density at radius 3 is 2.36 bits per heavy atom. The van der Waals surface area contributed by atoms with Crippen LogP contribution in [0.25, 0.3) is 0 Å². The van der Waals surface area contributed by atoms with Crippen molar-refractivity contribution in [3.8, 4) is 0 Å².